The van der Waals surface area contributed by atoms with E-state index in [1.165, 1.54) is 36.1 Å². The van der Waals surface area contributed by atoms with Gasteiger partial charge in [-0.2, -0.15) is 15.0 Å². The number of hydrogen-bond donors (Lipinski definition) is 0. The van der Waals surface area contributed by atoms with Crippen LogP contribution in [0.15, 0.2) is 48.9 Å². The highest BCUT2D eigenvalue weighted by atomic mass is 19.1. The number of fused-ring (bicyclic) bond motifs is 2. The third-order valence-electron chi connectivity index (χ3n) is 7.27. The van der Waals surface area contributed by atoms with Crippen molar-refractivity contribution in [1.82, 2.24) is 34.5 Å². The van der Waals surface area contributed by atoms with Crippen LogP contribution in [0.2, 0.25) is 0 Å². The van der Waals surface area contributed by atoms with Crippen LogP contribution < -0.4 is 4.90 Å². The van der Waals surface area contributed by atoms with Crippen LogP contribution in [0.3, 0.4) is 0 Å². The van der Waals surface area contributed by atoms with Gasteiger partial charge < -0.3 is 9.80 Å². The van der Waals surface area contributed by atoms with Gasteiger partial charge in [0.15, 0.2) is 0 Å². The molecule has 3 aliphatic rings. The van der Waals surface area contributed by atoms with Crippen molar-refractivity contribution in [1.29, 1.82) is 0 Å². The summed E-state index contributed by atoms with van der Waals surface area (Å²) in [6, 6.07) is 8.64. The summed E-state index contributed by atoms with van der Waals surface area (Å²) in [5.41, 5.74) is 2.61. The smallest absolute Gasteiger partial charge is 0.259 e. The van der Waals surface area contributed by atoms with Crippen molar-refractivity contribution >= 4 is 17.4 Å². The summed E-state index contributed by atoms with van der Waals surface area (Å²) >= 11 is 0. The molecule has 5 heterocycles. The Balaban J connectivity index is 1.12. The molecule has 1 aliphatic carbocycles. The molecule has 34 heavy (non-hydrogen) atoms. The molecule has 9 nitrogen and oxygen atoms in total. The summed E-state index contributed by atoms with van der Waals surface area (Å²) in [5, 5.41) is 12.9. The van der Waals surface area contributed by atoms with Crippen molar-refractivity contribution in [2.45, 2.75) is 18.8 Å². The highest BCUT2D eigenvalue weighted by Crippen LogP contribution is 2.42. The van der Waals surface area contributed by atoms with Gasteiger partial charge in [0.2, 0.25) is 5.95 Å². The van der Waals surface area contributed by atoms with Crippen LogP contribution in [0.5, 0.6) is 0 Å². The van der Waals surface area contributed by atoms with E-state index in [0.717, 1.165) is 30.2 Å². The molecule has 0 radical (unpaired) electrons. The van der Waals surface area contributed by atoms with Crippen LogP contribution in [-0.4, -0.2) is 66.6 Å². The zero-order valence-corrected chi connectivity index (χ0v) is 18.5. The van der Waals surface area contributed by atoms with E-state index in [-0.39, 0.29) is 11.5 Å². The Hall–Kier alpha value is -3.82. The SMILES string of the molecule is O=C(c1c(F)cccc1-n1nccn1)N1C[C@@H]2CN(c3nc(C4CC4)c4cccn4n3)C[C@@H]2C1. The van der Waals surface area contributed by atoms with Crippen LogP contribution in [0.25, 0.3) is 11.2 Å². The monoisotopic (exact) mass is 458 g/mol. The van der Waals surface area contributed by atoms with Crippen molar-refractivity contribution in [2.75, 3.05) is 31.1 Å². The molecule has 3 aromatic heterocycles. The Morgan fingerprint density at radius 1 is 0.971 bits per heavy atom. The lowest BCUT2D eigenvalue weighted by Gasteiger charge is -2.23. The van der Waals surface area contributed by atoms with Crippen molar-refractivity contribution in [3.05, 3.63) is 66.0 Å². The molecule has 10 heteroatoms. The predicted molar refractivity (Wildman–Crippen MR) is 121 cm³/mol. The number of halogens is 1. The van der Waals surface area contributed by atoms with Crippen molar-refractivity contribution in [2.24, 2.45) is 11.8 Å². The lowest BCUT2D eigenvalue weighted by atomic mass is 10.0. The second-order valence-corrected chi connectivity index (χ2v) is 9.50. The molecule has 2 aliphatic heterocycles. The number of carbonyl (C=O) groups is 1. The number of aromatic nitrogens is 6. The van der Waals surface area contributed by atoms with Crippen LogP contribution in [0.4, 0.5) is 10.3 Å². The third kappa shape index (κ3) is 3.08. The first kappa shape index (κ1) is 19.6. The van der Waals surface area contributed by atoms with Gasteiger partial charge in [0.25, 0.3) is 5.91 Å². The minimum atomic E-state index is -0.556. The summed E-state index contributed by atoms with van der Waals surface area (Å²) in [7, 11) is 0. The van der Waals surface area contributed by atoms with Crippen LogP contribution >= 0.6 is 0 Å². The quantitative estimate of drug-likeness (QED) is 0.467. The lowest BCUT2D eigenvalue weighted by Crippen LogP contribution is -2.35. The fourth-order valence-electron chi connectivity index (χ4n) is 5.45. The van der Waals surface area contributed by atoms with Crippen LogP contribution in [-0.2, 0) is 0 Å². The minimum Gasteiger partial charge on any atom is -0.339 e. The third-order valence-corrected chi connectivity index (χ3v) is 7.27. The molecule has 2 atom stereocenters. The van der Waals surface area contributed by atoms with Gasteiger partial charge in [0.1, 0.15) is 17.1 Å². The number of carbonyl (C=O) groups excluding carboxylic acids is 1. The van der Waals surface area contributed by atoms with Gasteiger partial charge in [-0.1, -0.05) is 6.07 Å². The van der Waals surface area contributed by atoms with Crippen molar-refractivity contribution in [3.8, 4) is 5.69 Å². The zero-order chi connectivity index (χ0) is 22.8. The second kappa shape index (κ2) is 7.34. The van der Waals surface area contributed by atoms with E-state index in [9.17, 15) is 9.18 Å². The van der Waals surface area contributed by atoms with Gasteiger partial charge in [0.05, 0.1) is 23.6 Å². The van der Waals surface area contributed by atoms with Gasteiger partial charge in [0, 0.05) is 50.1 Å². The average molecular weight is 459 g/mol. The molecule has 2 saturated heterocycles. The van der Waals surface area contributed by atoms with Gasteiger partial charge in [-0.15, -0.1) is 5.10 Å². The van der Waals surface area contributed by atoms with Crippen molar-refractivity contribution < 1.29 is 9.18 Å². The van der Waals surface area contributed by atoms with Crippen LogP contribution in [0.1, 0.15) is 34.8 Å². The molecule has 0 N–H and O–H groups in total. The Morgan fingerprint density at radius 3 is 2.47 bits per heavy atom. The standard InChI is InChI=1S/C24H23FN8O/c25-18-3-1-4-19(33-26-8-9-27-33)21(18)23(34)30-11-16-13-31(14-17(16)12-30)24-28-22(15-6-7-15)20-5-2-10-32(20)29-24/h1-5,8-10,15-17H,6-7,11-14H2/t16-,17+. The molecule has 0 unspecified atom stereocenters. The second-order valence-electron chi connectivity index (χ2n) is 9.50. The van der Waals surface area contributed by atoms with E-state index in [1.807, 2.05) is 16.8 Å². The summed E-state index contributed by atoms with van der Waals surface area (Å²) in [4.78, 5) is 23.6. The largest absolute Gasteiger partial charge is 0.339 e. The Morgan fingerprint density at radius 2 is 1.74 bits per heavy atom. The Bertz CT molecular complexity index is 1380. The van der Waals surface area contributed by atoms with E-state index >= 15 is 0 Å². The lowest BCUT2D eigenvalue weighted by molar-refractivity contribution is 0.0777. The number of amides is 1. The van der Waals surface area contributed by atoms with Gasteiger partial charge in [-0.25, -0.2) is 13.9 Å². The molecular formula is C24H23FN8O. The molecule has 1 aromatic carbocycles. The summed E-state index contributed by atoms with van der Waals surface area (Å²) < 4.78 is 16.7. The fraction of sp³-hybridized carbons (Fsp3) is 0.375. The highest BCUT2D eigenvalue weighted by molar-refractivity contribution is 5.98. The van der Waals surface area contributed by atoms with E-state index in [4.69, 9.17) is 10.1 Å². The molecular weight excluding hydrogens is 435 g/mol. The van der Waals surface area contributed by atoms with E-state index < -0.39 is 5.82 Å². The van der Waals surface area contributed by atoms with Gasteiger partial charge in [-0.3, -0.25) is 4.79 Å². The number of likely N-dealkylation sites (tertiary alicyclic amines) is 1. The molecule has 1 amide bonds. The van der Waals surface area contributed by atoms with Gasteiger partial charge in [-0.05, 0) is 37.1 Å². The first-order chi connectivity index (χ1) is 16.7. The molecule has 1 saturated carbocycles. The highest BCUT2D eigenvalue weighted by Gasteiger charge is 2.43. The Kier molecular flexibility index (Phi) is 4.24. The topological polar surface area (TPSA) is 84.5 Å². The summed E-state index contributed by atoms with van der Waals surface area (Å²) in [5.74, 6) is 1.03. The van der Waals surface area contributed by atoms with E-state index in [0.29, 0.717) is 36.5 Å². The number of anilines is 1. The summed E-state index contributed by atoms with van der Waals surface area (Å²) in [6.45, 7) is 2.75. The number of hydrogen-bond acceptors (Lipinski definition) is 6. The van der Waals surface area contributed by atoms with Crippen LogP contribution in [0, 0.1) is 17.7 Å². The first-order valence-corrected chi connectivity index (χ1v) is 11.7. The van der Waals surface area contributed by atoms with Gasteiger partial charge >= 0.3 is 0 Å². The molecule has 172 valence electrons. The zero-order valence-electron chi connectivity index (χ0n) is 18.5. The molecule has 3 fully saturated rings. The molecule has 4 aromatic rings. The number of nitrogens with zero attached hydrogens (tertiary/aromatic N) is 8. The maximum atomic E-state index is 14.8. The maximum Gasteiger partial charge on any atom is 0.259 e. The van der Waals surface area contributed by atoms with E-state index in [2.05, 4.69) is 21.2 Å². The fourth-order valence-corrected chi connectivity index (χ4v) is 5.45. The Labute approximate surface area is 194 Å². The molecule has 0 bridgehead atoms. The number of benzene rings is 1. The number of rotatable bonds is 4. The summed E-state index contributed by atoms with van der Waals surface area (Å²) in [6.07, 6.45) is 7.37. The predicted octanol–water partition coefficient (Wildman–Crippen LogP) is 2.53. The molecule has 7 rings (SSSR count). The minimum absolute atomic E-state index is 0.0194. The first-order valence-electron chi connectivity index (χ1n) is 11.7. The van der Waals surface area contributed by atoms with E-state index in [1.54, 1.807) is 17.0 Å². The molecule has 0 spiro atoms. The average Bonchev–Trinajstić information content (AvgIpc) is 3.24. The maximum absolute atomic E-state index is 14.8. The normalized spacial score (nSPS) is 22.0. The van der Waals surface area contributed by atoms with Crippen molar-refractivity contribution in [3.63, 3.8) is 0 Å².